The summed E-state index contributed by atoms with van der Waals surface area (Å²) in [6.07, 6.45) is 6.90. The number of carbonyl (C=O) groups excluding carboxylic acids is 3. The van der Waals surface area contributed by atoms with Gasteiger partial charge in [-0.05, 0) is 57.8 Å². The molecule has 8 nitrogen and oxygen atoms in total. The van der Waals surface area contributed by atoms with E-state index < -0.39 is 41.1 Å². The first-order valence-corrected chi connectivity index (χ1v) is 15.1. The molecule has 220 valence electrons. The van der Waals surface area contributed by atoms with Crippen molar-refractivity contribution in [3.63, 3.8) is 0 Å². The van der Waals surface area contributed by atoms with Gasteiger partial charge in [-0.25, -0.2) is 0 Å². The maximum Gasteiger partial charge on any atom is 0.312 e. The number of esters is 1. The second-order valence-electron chi connectivity index (χ2n) is 13.0. The van der Waals surface area contributed by atoms with Crippen LogP contribution in [0.25, 0.3) is 0 Å². The average molecular weight is 612 g/mol. The van der Waals surface area contributed by atoms with Crippen LogP contribution in [0.3, 0.4) is 0 Å². The fraction of sp³-hybridized carbons (Fsp3) is 0.767. The van der Waals surface area contributed by atoms with Gasteiger partial charge >= 0.3 is 5.97 Å². The molecule has 3 aliphatic heterocycles. The lowest BCUT2D eigenvalue weighted by atomic mass is 9.70. The molecular weight excluding hydrogens is 564 g/mol. The standard InChI is InChI=1S/C30H47BrN2O6/c1-8-10-11-12-17-38-27(37)21-22-25(35)32(15-13-16-34)24(30(22)18-20(31)23(21)39-30)26(36)33(14-9-2)29(6,7)19-28(3,4)5/h8-9,20-24,34H,1-2,10-19H2,3-7H3/t20?,21-,22+,23-,24?,30?/m1/s1. The molecule has 1 N–H and O–H groups in total. The van der Waals surface area contributed by atoms with Gasteiger partial charge < -0.3 is 24.4 Å². The molecule has 3 unspecified atom stereocenters. The van der Waals surface area contributed by atoms with Gasteiger partial charge in [0.1, 0.15) is 11.6 Å². The lowest BCUT2D eigenvalue weighted by Crippen LogP contribution is -2.61. The molecule has 0 radical (unpaired) electrons. The Morgan fingerprint density at radius 3 is 2.49 bits per heavy atom. The van der Waals surface area contributed by atoms with Gasteiger partial charge in [0.05, 0.1) is 24.5 Å². The highest BCUT2D eigenvalue weighted by Crippen LogP contribution is 2.60. The second-order valence-corrected chi connectivity index (χ2v) is 14.2. The van der Waals surface area contributed by atoms with Crippen LogP contribution in [0.5, 0.6) is 0 Å². The first-order chi connectivity index (χ1) is 18.3. The smallest absolute Gasteiger partial charge is 0.312 e. The molecule has 3 saturated heterocycles. The van der Waals surface area contributed by atoms with Gasteiger partial charge in [0.25, 0.3) is 0 Å². The third kappa shape index (κ3) is 6.30. The van der Waals surface area contributed by atoms with Crippen molar-refractivity contribution in [2.45, 2.75) is 101 Å². The number of likely N-dealkylation sites (tertiary alicyclic amines) is 1. The minimum atomic E-state index is -1.15. The predicted octanol–water partition coefficient (Wildman–Crippen LogP) is 4.25. The van der Waals surface area contributed by atoms with Crippen molar-refractivity contribution in [1.29, 1.82) is 0 Å². The molecular formula is C30H47BrN2O6. The molecule has 3 aliphatic rings. The topological polar surface area (TPSA) is 96.4 Å². The number of rotatable bonds is 14. The van der Waals surface area contributed by atoms with E-state index in [9.17, 15) is 19.5 Å². The van der Waals surface area contributed by atoms with E-state index in [0.717, 1.165) is 19.3 Å². The van der Waals surface area contributed by atoms with E-state index >= 15 is 0 Å². The zero-order chi connectivity index (χ0) is 29.2. The van der Waals surface area contributed by atoms with Crippen LogP contribution in [0.1, 0.15) is 73.1 Å². The first-order valence-electron chi connectivity index (χ1n) is 14.2. The third-order valence-electron chi connectivity index (χ3n) is 8.17. The van der Waals surface area contributed by atoms with Gasteiger partial charge in [0, 0.05) is 30.1 Å². The van der Waals surface area contributed by atoms with Crippen LogP contribution in [0.15, 0.2) is 25.3 Å². The average Bonchev–Trinajstić information content (AvgIpc) is 3.42. The summed E-state index contributed by atoms with van der Waals surface area (Å²) >= 11 is 3.70. The summed E-state index contributed by atoms with van der Waals surface area (Å²) < 4.78 is 12.2. The molecule has 3 fully saturated rings. The lowest BCUT2D eigenvalue weighted by molar-refractivity contribution is -0.156. The number of hydrogen-bond donors (Lipinski definition) is 1. The highest BCUT2D eigenvalue weighted by Gasteiger charge is 2.77. The van der Waals surface area contributed by atoms with Gasteiger partial charge in [-0.2, -0.15) is 0 Å². The van der Waals surface area contributed by atoms with E-state index in [2.05, 4.69) is 49.9 Å². The maximum absolute atomic E-state index is 14.6. The number of aliphatic hydroxyl groups excluding tert-OH is 1. The van der Waals surface area contributed by atoms with Crippen LogP contribution in [-0.4, -0.2) is 87.1 Å². The lowest BCUT2D eigenvalue weighted by Gasteiger charge is -2.45. The van der Waals surface area contributed by atoms with E-state index in [4.69, 9.17) is 9.47 Å². The minimum Gasteiger partial charge on any atom is -0.465 e. The van der Waals surface area contributed by atoms with Gasteiger partial charge in [0.2, 0.25) is 11.8 Å². The van der Waals surface area contributed by atoms with E-state index in [1.165, 1.54) is 0 Å². The molecule has 3 heterocycles. The Morgan fingerprint density at radius 1 is 1.21 bits per heavy atom. The monoisotopic (exact) mass is 610 g/mol. The largest absolute Gasteiger partial charge is 0.465 e. The van der Waals surface area contributed by atoms with Crippen LogP contribution in [0.4, 0.5) is 0 Å². The number of unbranched alkanes of at least 4 members (excludes halogenated alkanes) is 2. The number of ether oxygens (including phenoxy) is 2. The molecule has 0 aromatic carbocycles. The molecule has 0 aromatic heterocycles. The van der Waals surface area contributed by atoms with Crippen LogP contribution < -0.4 is 0 Å². The number of nitrogens with zero attached hydrogens (tertiary/aromatic N) is 2. The molecule has 2 amide bonds. The minimum absolute atomic E-state index is 0.0457. The Hall–Kier alpha value is -1.71. The van der Waals surface area contributed by atoms with Crippen LogP contribution in [0, 0.1) is 17.3 Å². The molecule has 9 heteroatoms. The molecule has 0 aliphatic carbocycles. The summed E-state index contributed by atoms with van der Waals surface area (Å²) in [6.45, 7) is 18.8. The maximum atomic E-state index is 14.6. The molecule has 0 saturated carbocycles. The van der Waals surface area contributed by atoms with E-state index in [-0.39, 0.29) is 41.8 Å². The summed E-state index contributed by atoms with van der Waals surface area (Å²) in [5.41, 5.74) is -1.72. The summed E-state index contributed by atoms with van der Waals surface area (Å²) in [5.74, 6) is -2.53. The number of hydrogen-bond acceptors (Lipinski definition) is 6. The summed E-state index contributed by atoms with van der Waals surface area (Å²) in [7, 11) is 0. The Balaban J connectivity index is 1.98. The number of aliphatic hydroxyl groups is 1. The van der Waals surface area contributed by atoms with Crippen molar-refractivity contribution in [2.75, 3.05) is 26.3 Å². The quantitative estimate of drug-likeness (QED) is 0.137. The van der Waals surface area contributed by atoms with E-state index in [1.54, 1.807) is 15.9 Å². The normalized spacial score (nSPS) is 29.9. The number of carbonyl (C=O) groups is 3. The van der Waals surface area contributed by atoms with E-state index in [1.807, 2.05) is 19.9 Å². The Bertz CT molecular complexity index is 946. The molecule has 0 aromatic rings. The fourth-order valence-electron chi connectivity index (χ4n) is 7.12. The highest BCUT2D eigenvalue weighted by atomic mass is 79.9. The zero-order valence-electron chi connectivity index (χ0n) is 24.3. The third-order valence-corrected chi connectivity index (χ3v) is 9.02. The summed E-state index contributed by atoms with van der Waals surface area (Å²) in [5, 5.41) is 9.60. The van der Waals surface area contributed by atoms with Crippen molar-refractivity contribution in [1.82, 2.24) is 9.80 Å². The van der Waals surface area contributed by atoms with E-state index in [0.29, 0.717) is 25.8 Å². The molecule has 39 heavy (non-hydrogen) atoms. The molecule has 2 bridgehead atoms. The molecule has 3 rings (SSSR count). The van der Waals surface area contributed by atoms with Crippen molar-refractivity contribution >= 4 is 33.7 Å². The van der Waals surface area contributed by atoms with Crippen molar-refractivity contribution in [3.05, 3.63) is 25.3 Å². The van der Waals surface area contributed by atoms with Crippen molar-refractivity contribution in [2.24, 2.45) is 17.3 Å². The van der Waals surface area contributed by atoms with Crippen LogP contribution in [-0.2, 0) is 23.9 Å². The predicted molar refractivity (Wildman–Crippen MR) is 154 cm³/mol. The SMILES string of the molecule is C=CCCCCOC(=O)[C@H]1[C@@H]2OC3(CC2Br)C(C(=O)N(CC=C)C(C)(C)CC(C)(C)C)N(CCCO)C(=O)[C@H]13. The Morgan fingerprint density at radius 2 is 1.90 bits per heavy atom. The van der Waals surface area contributed by atoms with Gasteiger partial charge in [-0.15, -0.1) is 13.2 Å². The number of alkyl halides is 1. The second kappa shape index (κ2) is 12.4. The first kappa shape index (κ1) is 31.8. The summed E-state index contributed by atoms with van der Waals surface area (Å²) in [6, 6.07) is -0.906. The number of halogens is 1. The zero-order valence-corrected chi connectivity index (χ0v) is 25.9. The van der Waals surface area contributed by atoms with Crippen LogP contribution >= 0.6 is 15.9 Å². The van der Waals surface area contributed by atoms with Crippen molar-refractivity contribution in [3.8, 4) is 0 Å². The van der Waals surface area contributed by atoms with Crippen molar-refractivity contribution < 1.29 is 29.0 Å². The number of allylic oxidation sites excluding steroid dienone is 1. The van der Waals surface area contributed by atoms with Crippen LogP contribution in [0.2, 0.25) is 0 Å². The summed E-state index contributed by atoms with van der Waals surface area (Å²) in [4.78, 5) is 45.1. The number of fused-ring (bicyclic) bond motifs is 1. The fourth-order valence-corrected chi connectivity index (χ4v) is 8.07. The van der Waals surface area contributed by atoms with Gasteiger partial charge in [0.15, 0.2) is 0 Å². The number of amides is 2. The molecule has 6 atom stereocenters. The highest BCUT2D eigenvalue weighted by molar-refractivity contribution is 9.09. The Labute approximate surface area is 242 Å². The molecule has 1 spiro atoms. The van der Waals surface area contributed by atoms with Gasteiger partial charge in [-0.1, -0.05) is 48.9 Å². The van der Waals surface area contributed by atoms with Gasteiger partial charge in [-0.3, -0.25) is 14.4 Å². The Kier molecular flexibility index (Phi) is 10.1.